The second-order valence-corrected chi connectivity index (χ2v) is 4.30. The molecule has 1 N–H and O–H groups in total. The molecule has 0 radical (unpaired) electrons. The molecule has 13 heavy (non-hydrogen) atoms. The molecule has 0 bridgehead atoms. The van der Waals surface area contributed by atoms with Crippen LogP contribution in [0.2, 0.25) is 0 Å². The lowest BCUT2D eigenvalue weighted by molar-refractivity contribution is -0.133. The lowest BCUT2D eigenvalue weighted by Gasteiger charge is -2.01. The lowest BCUT2D eigenvalue weighted by Crippen LogP contribution is -1.98. The van der Waals surface area contributed by atoms with Gasteiger partial charge in [-0.25, -0.2) is 4.98 Å². The van der Waals surface area contributed by atoms with Crippen LogP contribution in [-0.4, -0.2) is 21.8 Å². The number of thioether (sulfide) groups is 1. The van der Waals surface area contributed by atoms with E-state index in [0.29, 0.717) is 5.03 Å². The van der Waals surface area contributed by atoms with Crippen molar-refractivity contribution in [3.8, 4) is 0 Å². The minimum atomic E-state index is -0.834. The van der Waals surface area contributed by atoms with Crippen molar-refractivity contribution in [1.82, 2.24) is 4.98 Å². The van der Waals surface area contributed by atoms with Crippen LogP contribution in [0, 0.1) is 6.92 Å². The van der Waals surface area contributed by atoms with Crippen LogP contribution in [0.3, 0.4) is 0 Å². The number of hydrogen-bond acceptors (Lipinski definition) is 3. The molecule has 0 saturated heterocycles. The van der Waals surface area contributed by atoms with Gasteiger partial charge in [0.2, 0.25) is 0 Å². The highest BCUT2D eigenvalue weighted by Gasteiger charge is 2.04. The number of aliphatic carboxylic acids is 1. The van der Waals surface area contributed by atoms with E-state index in [1.165, 1.54) is 11.8 Å². The number of nitrogens with zero attached hydrogens (tertiary/aromatic N) is 1. The fraction of sp³-hybridized carbons (Fsp3) is 0.250. The van der Waals surface area contributed by atoms with E-state index in [1.54, 1.807) is 6.20 Å². The van der Waals surface area contributed by atoms with Crippen LogP contribution in [-0.2, 0) is 4.79 Å². The summed E-state index contributed by atoms with van der Waals surface area (Å²) in [6.07, 6.45) is 1.72. The van der Waals surface area contributed by atoms with Gasteiger partial charge in [0.05, 0.1) is 10.2 Å². The van der Waals surface area contributed by atoms with Gasteiger partial charge in [-0.05, 0) is 34.5 Å². The van der Waals surface area contributed by atoms with E-state index >= 15 is 0 Å². The number of carboxylic acids is 1. The highest BCUT2D eigenvalue weighted by atomic mass is 79.9. The summed E-state index contributed by atoms with van der Waals surface area (Å²) < 4.78 is 0.846. The summed E-state index contributed by atoms with van der Waals surface area (Å²) in [5.74, 6) is -0.798. The second kappa shape index (κ2) is 4.62. The zero-order chi connectivity index (χ0) is 9.84. The summed E-state index contributed by atoms with van der Waals surface area (Å²) in [4.78, 5) is 14.4. The van der Waals surface area contributed by atoms with Gasteiger partial charge < -0.3 is 5.11 Å². The van der Waals surface area contributed by atoms with Gasteiger partial charge in [-0.3, -0.25) is 4.79 Å². The van der Waals surface area contributed by atoms with Crippen LogP contribution < -0.4 is 0 Å². The minimum absolute atomic E-state index is 0.0364. The Kier molecular flexibility index (Phi) is 3.74. The summed E-state index contributed by atoms with van der Waals surface area (Å²) >= 11 is 4.53. The third kappa shape index (κ3) is 3.36. The van der Waals surface area contributed by atoms with Crippen molar-refractivity contribution < 1.29 is 9.90 Å². The standard InChI is InChI=1S/C8H8BrNO2S/c1-5-2-6(9)8(10-3-5)13-4-7(11)12/h2-3H,4H2,1H3,(H,11,12). The molecule has 0 unspecified atom stereocenters. The Bertz CT molecular complexity index is 330. The van der Waals surface area contributed by atoms with E-state index in [2.05, 4.69) is 20.9 Å². The number of carboxylic acid groups (broad SMARTS) is 1. The topological polar surface area (TPSA) is 50.2 Å². The molecule has 0 aliphatic carbocycles. The molecular weight excluding hydrogens is 254 g/mol. The molecule has 0 fully saturated rings. The maximum absolute atomic E-state index is 10.3. The zero-order valence-corrected chi connectivity index (χ0v) is 9.35. The van der Waals surface area contributed by atoms with E-state index < -0.39 is 5.97 Å². The number of rotatable bonds is 3. The van der Waals surface area contributed by atoms with E-state index in [1.807, 2.05) is 13.0 Å². The number of hydrogen-bond donors (Lipinski definition) is 1. The first-order valence-corrected chi connectivity index (χ1v) is 5.34. The Morgan fingerprint density at radius 1 is 1.77 bits per heavy atom. The van der Waals surface area contributed by atoms with Crippen LogP contribution in [0.5, 0.6) is 0 Å². The second-order valence-electron chi connectivity index (χ2n) is 2.48. The van der Waals surface area contributed by atoms with Gasteiger partial charge in [-0.2, -0.15) is 0 Å². The number of carbonyl (C=O) groups is 1. The van der Waals surface area contributed by atoms with Gasteiger partial charge in [-0.15, -0.1) is 0 Å². The molecule has 0 saturated carbocycles. The predicted molar refractivity (Wildman–Crippen MR) is 55.0 cm³/mol. The van der Waals surface area contributed by atoms with E-state index in [0.717, 1.165) is 10.0 Å². The Morgan fingerprint density at radius 2 is 2.46 bits per heavy atom. The van der Waals surface area contributed by atoms with E-state index in [9.17, 15) is 4.79 Å². The Morgan fingerprint density at radius 3 is 3.00 bits per heavy atom. The van der Waals surface area contributed by atoms with Crippen LogP contribution >= 0.6 is 27.7 Å². The lowest BCUT2D eigenvalue weighted by atomic mass is 10.3. The van der Waals surface area contributed by atoms with Crippen LogP contribution in [0.25, 0.3) is 0 Å². The first kappa shape index (κ1) is 10.5. The van der Waals surface area contributed by atoms with Crippen molar-refractivity contribution in [1.29, 1.82) is 0 Å². The van der Waals surface area contributed by atoms with E-state index in [-0.39, 0.29) is 5.75 Å². The Balaban J connectivity index is 2.72. The fourth-order valence-corrected chi connectivity index (χ4v) is 2.15. The number of aromatic nitrogens is 1. The van der Waals surface area contributed by atoms with Crippen molar-refractivity contribution in [3.05, 3.63) is 22.3 Å². The smallest absolute Gasteiger partial charge is 0.313 e. The average Bonchev–Trinajstić information content (AvgIpc) is 2.02. The van der Waals surface area contributed by atoms with Crippen LogP contribution in [0.15, 0.2) is 21.8 Å². The molecule has 1 aromatic rings. The first-order valence-electron chi connectivity index (χ1n) is 3.56. The van der Waals surface area contributed by atoms with Gasteiger partial charge in [0, 0.05) is 6.20 Å². The van der Waals surface area contributed by atoms with Crippen molar-refractivity contribution in [2.24, 2.45) is 0 Å². The Labute approximate surface area is 88.7 Å². The summed E-state index contributed by atoms with van der Waals surface area (Å²) in [7, 11) is 0. The van der Waals surface area contributed by atoms with Gasteiger partial charge in [-0.1, -0.05) is 11.8 Å². The van der Waals surface area contributed by atoms with Gasteiger partial charge in [0.15, 0.2) is 0 Å². The zero-order valence-electron chi connectivity index (χ0n) is 6.95. The average molecular weight is 262 g/mol. The molecule has 0 spiro atoms. The quantitative estimate of drug-likeness (QED) is 0.849. The summed E-state index contributed by atoms with van der Waals surface area (Å²) in [5.41, 5.74) is 1.05. The summed E-state index contributed by atoms with van der Waals surface area (Å²) in [6, 6.07) is 1.91. The molecule has 0 amide bonds. The van der Waals surface area contributed by atoms with Crippen molar-refractivity contribution >= 4 is 33.7 Å². The molecule has 0 aliphatic rings. The van der Waals surface area contributed by atoms with Gasteiger partial charge in [0.1, 0.15) is 5.03 Å². The van der Waals surface area contributed by atoms with Gasteiger partial charge >= 0.3 is 5.97 Å². The number of halogens is 1. The molecule has 0 aliphatic heterocycles. The van der Waals surface area contributed by atoms with Crippen LogP contribution in [0.4, 0.5) is 0 Å². The largest absolute Gasteiger partial charge is 0.481 e. The molecule has 70 valence electrons. The predicted octanol–water partition coefficient (Wildman–Crippen LogP) is 2.33. The van der Waals surface area contributed by atoms with E-state index in [4.69, 9.17) is 5.11 Å². The van der Waals surface area contributed by atoms with Crippen molar-refractivity contribution in [3.63, 3.8) is 0 Å². The molecular formula is C8H8BrNO2S. The third-order valence-corrected chi connectivity index (χ3v) is 3.13. The van der Waals surface area contributed by atoms with Crippen LogP contribution in [0.1, 0.15) is 5.56 Å². The van der Waals surface area contributed by atoms with Crippen molar-refractivity contribution in [2.45, 2.75) is 11.9 Å². The maximum Gasteiger partial charge on any atom is 0.313 e. The normalized spacial score (nSPS) is 10.0. The monoisotopic (exact) mass is 261 g/mol. The third-order valence-electron chi connectivity index (χ3n) is 1.28. The molecule has 1 heterocycles. The number of pyridine rings is 1. The molecule has 0 atom stereocenters. The maximum atomic E-state index is 10.3. The highest BCUT2D eigenvalue weighted by molar-refractivity contribution is 9.10. The minimum Gasteiger partial charge on any atom is -0.481 e. The molecule has 3 nitrogen and oxygen atoms in total. The molecule has 1 aromatic heterocycles. The Hall–Kier alpha value is -0.550. The fourth-order valence-electron chi connectivity index (χ4n) is 0.757. The molecule has 1 rings (SSSR count). The van der Waals surface area contributed by atoms with Gasteiger partial charge in [0.25, 0.3) is 0 Å². The number of aryl methyl sites for hydroxylation is 1. The highest BCUT2D eigenvalue weighted by Crippen LogP contribution is 2.25. The summed E-state index contributed by atoms with van der Waals surface area (Å²) in [6.45, 7) is 1.93. The van der Waals surface area contributed by atoms with Crippen molar-refractivity contribution in [2.75, 3.05) is 5.75 Å². The summed E-state index contributed by atoms with van der Waals surface area (Å²) in [5, 5.41) is 9.17. The molecule has 0 aromatic carbocycles. The SMILES string of the molecule is Cc1cnc(SCC(=O)O)c(Br)c1. The first-order chi connectivity index (χ1) is 6.09. The molecule has 5 heteroatoms.